The van der Waals surface area contributed by atoms with E-state index in [-0.39, 0.29) is 0 Å². The van der Waals surface area contributed by atoms with Crippen molar-refractivity contribution in [3.8, 4) is 56.4 Å². The van der Waals surface area contributed by atoms with Crippen molar-refractivity contribution >= 4 is 33.3 Å². The van der Waals surface area contributed by atoms with Gasteiger partial charge in [-0.1, -0.05) is 200 Å². The minimum absolute atomic E-state index is 0.411. The Morgan fingerprint density at radius 3 is 1.60 bits per heavy atom. The summed E-state index contributed by atoms with van der Waals surface area (Å²) in [5, 5.41) is 4.84. The zero-order valence-electron chi connectivity index (χ0n) is 31.3. The molecule has 0 saturated carbocycles. The van der Waals surface area contributed by atoms with Gasteiger partial charge < -0.3 is 0 Å². The van der Waals surface area contributed by atoms with Gasteiger partial charge >= 0.3 is 0 Å². The summed E-state index contributed by atoms with van der Waals surface area (Å²) < 4.78 is 0. The monoisotopic (exact) mass is 755 g/mol. The number of aromatic nitrogens is 3. The topological polar surface area (TPSA) is 38.7 Å². The fraction of sp³-hybridized carbons (Fsp3) is 0.0185. The summed E-state index contributed by atoms with van der Waals surface area (Å²) in [6, 6.07) is 72.1. The second-order valence-electron chi connectivity index (χ2n) is 15.1. The van der Waals surface area contributed by atoms with E-state index in [0.717, 1.165) is 27.6 Å². The summed E-state index contributed by atoms with van der Waals surface area (Å²) in [5.74, 6) is 1.95. The van der Waals surface area contributed by atoms with Crippen molar-refractivity contribution in [2.24, 2.45) is 0 Å². The van der Waals surface area contributed by atoms with Crippen molar-refractivity contribution in [3.05, 3.63) is 222 Å². The number of hydrogen-bond donors (Lipinski definition) is 0. The molecule has 1 aromatic heterocycles. The predicted octanol–water partition coefficient (Wildman–Crippen LogP) is 13.7. The van der Waals surface area contributed by atoms with Crippen LogP contribution in [-0.4, -0.2) is 15.0 Å². The molecule has 0 amide bonds. The van der Waals surface area contributed by atoms with Crippen LogP contribution in [0.15, 0.2) is 210 Å². The molecule has 0 atom stereocenters. The van der Waals surface area contributed by atoms with Gasteiger partial charge in [0.1, 0.15) is 0 Å². The van der Waals surface area contributed by atoms with Crippen LogP contribution in [0.4, 0.5) is 0 Å². The Labute approximate surface area is 340 Å². The zero-order chi connectivity index (χ0) is 38.2. The number of fused-ring (bicyclic) bond motifs is 12. The Morgan fingerprint density at radius 1 is 0.328 bits per heavy atom. The van der Waals surface area contributed by atoms with E-state index in [0.29, 0.717) is 17.5 Å². The number of benzene rings is 9. The molecule has 3 nitrogen and oxygen atoms in total. The Balaban J connectivity index is 0.988. The lowest BCUT2D eigenvalue weighted by molar-refractivity contribution is 0.723. The molecule has 1 aliphatic heterocycles. The SMILES string of the molecule is c1ccc(-c2nc(-c3ccc(-c4cccc5c4Sc4ccccc4C54c5ccccc5-c5ccccc54)cc3)nc(-c3ccc4c(ccc5ccccc54)c3)n2)cc1. The van der Waals surface area contributed by atoms with Crippen LogP contribution < -0.4 is 0 Å². The summed E-state index contributed by atoms with van der Waals surface area (Å²) >= 11 is 1.88. The van der Waals surface area contributed by atoms with Gasteiger partial charge in [0, 0.05) is 26.5 Å². The average molecular weight is 756 g/mol. The highest BCUT2D eigenvalue weighted by Gasteiger charge is 2.50. The van der Waals surface area contributed by atoms with E-state index in [2.05, 4.69) is 182 Å². The van der Waals surface area contributed by atoms with Crippen LogP contribution in [0.3, 0.4) is 0 Å². The maximum Gasteiger partial charge on any atom is 0.164 e. The second kappa shape index (κ2) is 13.0. The molecule has 0 radical (unpaired) electrons. The summed E-state index contributed by atoms with van der Waals surface area (Å²) in [6.45, 7) is 0. The van der Waals surface area contributed by atoms with E-state index in [9.17, 15) is 0 Å². The van der Waals surface area contributed by atoms with E-state index in [1.807, 2.05) is 30.0 Å². The van der Waals surface area contributed by atoms with Crippen molar-refractivity contribution in [1.82, 2.24) is 15.0 Å². The molecular formula is C54H33N3S. The minimum Gasteiger partial charge on any atom is -0.208 e. The van der Waals surface area contributed by atoms with Crippen molar-refractivity contribution < 1.29 is 0 Å². The van der Waals surface area contributed by atoms with Gasteiger partial charge in [-0.25, -0.2) is 15.0 Å². The molecule has 10 aromatic rings. The Morgan fingerprint density at radius 2 is 0.845 bits per heavy atom. The molecule has 0 fully saturated rings. The van der Waals surface area contributed by atoms with Gasteiger partial charge in [0.25, 0.3) is 0 Å². The summed E-state index contributed by atoms with van der Waals surface area (Å²) in [7, 11) is 0. The number of hydrogen-bond acceptors (Lipinski definition) is 4. The molecule has 12 rings (SSSR count). The second-order valence-corrected chi connectivity index (χ2v) is 16.1. The first-order chi connectivity index (χ1) is 28.7. The lowest BCUT2D eigenvalue weighted by Crippen LogP contribution is -2.32. The average Bonchev–Trinajstić information content (AvgIpc) is 3.59. The van der Waals surface area contributed by atoms with Gasteiger partial charge in [-0.2, -0.15) is 0 Å². The van der Waals surface area contributed by atoms with E-state index in [1.165, 1.54) is 64.9 Å². The zero-order valence-corrected chi connectivity index (χ0v) is 32.1. The molecule has 0 saturated heterocycles. The quantitative estimate of drug-likeness (QED) is 0.168. The van der Waals surface area contributed by atoms with Crippen LogP contribution in [0.25, 0.3) is 78.0 Å². The van der Waals surface area contributed by atoms with E-state index in [4.69, 9.17) is 15.0 Å². The molecule has 0 bridgehead atoms. The smallest absolute Gasteiger partial charge is 0.164 e. The van der Waals surface area contributed by atoms with Crippen LogP contribution in [-0.2, 0) is 5.41 Å². The molecule has 9 aromatic carbocycles. The number of rotatable bonds is 4. The molecule has 2 heterocycles. The largest absolute Gasteiger partial charge is 0.208 e. The van der Waals surface area contributed by atoms with Crippen LogP contribution in [0.1, 0.15) is 22.3 Å². The Kier molecular flexibility index (Phi) is 7.38. The van der Waals surface area contributed by atoms with Gasteiger partial charge in [0.15, 0.2) is 17.5 Å². The van der Waals surface area contributed by atoms with Gasteiger partial charge in [-0.05, 0) is 78.2 Å². The van der Waals surface area contributed by atoms with Crippen molar-refractivity contribution in [2.75, 3.05) is 0 Å². The molecule has 4 heteroatoms. The molecular weight excluding hydrogens is 723 g/mol. The standard InChI is InChI=1S/C54H33N3S/c1-2-14-36(15-3-1)51-55-52(57-53(56-51)39-31-32-41-38(33-39)30-27-34-13-4-5-16-40(34)41)37-28-25-35(26-29-37)42-19-12-23-48-50(42)58-49-24-11-10-22-47(49)54(48)45-20-8-6-17-43(45)44-18-7-9-21-46(44)54/h1-33H. The molecule has 2 aliphatic rings. The molecule has 1 spiro atoms. The molecule has 270 valence electrons. The van der Waals surface area contributed by atoms with Gasteiger partial charge in [0.2, 0.25) is 0 Å². The third-order valence-electron chi connectivity index (χ3n) is 12.0. The third-order valence-corrected chi connectivity index (χ3v) is 13.2. The van der Waals surface area contributed by atoms with Crippen LogP contribution in [0, 0.1) is 0 Å². The predicted molar refractivity (Wildman–Crippen MR) is 238 cm³/mol. The molecule has 0 unspecified atom stereocenters. The minimum atomic E-state index is -0.411. The van der Waals surface area contributed by atoms with Crippen LogP contribution in [0.2, 0.25) is 0 Å². The first-order valence-electron chi connectivity index (χ1n) is 19.7. The van der Waals surface area contributed by atoms with Crippen molar-refractivity contribution in [2.45, 2.75) is 15.2 Å². The Bertz CT molecular complexity index is 3220. The van der Waals surface area contributed by atoms with Crippen LogP contribution in [0.5, 0.6) is 0 Å². The lowest BCUT2D eigenvalue weighted by atomic mass is 9.67. The Hall–Kier alpha value is -7.14. The number of nitrogens with zero attached hydrogens (tertiary/aromatic N) is 3. The van der Waals surface area contributed by atoms with Gasteiger partial charge in [0.05, 0.1) is 5.41 Å². The highest BCUT2D eigenvalue weighted by Crippen LogP contribution is 2.63. The highest BCUT2D eigenvalue weighted by atomic mass is 32.2. The first kappa shape index (κ1) is 33.0. The summed E-state index contributed by atoms with van der Waals surface area (Å²) in [5.41, 5.74) is 12.8. The van der Waals surface area contributed by atoms with Gasteiger partial charge in [-0.15, -0.1) is 0 Å². The molecule has 1 aliphatic carbocycles. The van der Waals surface area contributed by atoms with E-state index >= 15 is 0 Å². The third kappa shape index (κ3) is 4.92. The van der Waals surface area contributed by atoms with Crippen LogP contribution >= 0.6 is 11.8 Å². The van der Waals surface area contributed by atoms with Crippen molar-refractivity contribution in [3.63, 3.8) is 0 Å². The summed E-state index contributed by atoms with van der Waals surface area (Å²) in [6.07, 6.45) is 0. The van der Waals surface area contributed by atoms with E-state index in [1.54, 1.807) is 0 Å². The molecule has 58 heavy (non-hydrogen) atoms. The fourth-order valence-corrected chi connectivity index (χ4v) is 10.7. The van der Waals surface area contributed by atoms with Gasteiger partial charge in [-0.3, -0.25) is 0 Å². The first-order valence-corrected chi connectivity index (χ1v) is 20.5. The van der Waals surface area contributed by atoms with E-state index < -0.39 is 5.41 Å². The molecule has 0 N–H and O–H groups in total. The highest BCUT2D eigenvalue weighted by molar-refractivity contribution is 7.99. The lowest BCUT2D eigenvalue weighted by Gasteiger charge is -2.40. The van der Waals surface area contributed by atoms with Crippen molar-refractivity contribution in [1.29, 1.82) is 0 Å². The fourth-order valence-electron chi connectivity index (χ4n) is 9.41. The maximum atomic E-state index is 5.13. The maximum absolute atomic E-state index is 5.13. The normalized spacial score (nSPS) is 13.2. The summed E-state index contributed by atoms with van der Waals surface area (Å²) in [4.78, 5) is 17.8.